The van der Waals surface area contributed by atoms with Crippen LogP contribution in [0.1, 0.15) is 57.1 Å². The molecule has 1 heterocycles. The third-order valence-corrected chi connectivity index (χ3v) is 4.82. The molecule has 1 aromatic heterocycles. The Hall–Kier alpha value is -1.85. The van der Waals surface area contributed by atoms with Gasteiger partial charge in [0.25, 0.3) is 0 Å². The van der Waals surface area contributed by atoms with Crippen molar-refractivity contribution in [2.45, 2.75) is 67.0 Å². The zero-order valence-corrected chi connectivity index (χ0v) is 17.9. The molecular weight excluding hydrogens is 360 g/mol. The summed E-state index contributed by atoms with van der Waals surface area (Å²) in [5.41, 5.74) is 10.7. The van der Waals surface area contributed by atoms with Crippen LogP contribution in [0, 0.1) is 12.3 Å². The molecule has 1 amide bonds. The molecule has 3 N–H and O–H groups in total. The van der Waals surface area contributed by atoms with E-state index >= 15 is 0 Å². The van der Waals surface area contributed by atoms with Crippen molar-refractivity contribution in [3.8, 4) is 0 Å². The summed E-state index contributed by atoms with van der Waals surface area (Å²) in [5, 5.41) is 8.12. The lowest BCUT2D eigenvalue weighted by Crippen LogP contribution is -2.27. The number of carbonyl (C=O) groups is 1. The summed E-state index contributed by atoms with van der Waals surface area (Å²) in [7, 11) is 0. The second-order valence-electron chi connectivity index (χ2n) is 8.22. The fraction of sp³-hybridized carbons (Fsp3) is 0.524. The van der Waals surface area contributed by atoms with E-state index in [2.05, 4.69) is 17.3 Å². The van der Waals surface area contributed by atoms with Gasteiger partial charge in [0.2, 0.25) is 5.91 Å². The van der Waals surface area contributed by atoms with E-state index in [0.717, 1.165) is 24.1 Å². The third kappa shape index (κ3) is 5.33. The number of aromatic nitrogens is 2. The monoisotopic (exact) mass is 390 g/mol. The molecule has 6 heteroatoms. The maximum absolute atomic E-state index is 12.2. The van der Waals surface area contributed by atoms with Crippen molar-refractivity contribution in [1.82, 2.24) is 9.78 Å². The van der Waals surface area contributed by atoms with E-state index in [1.807, 2.05) is 57.5 Å². The Balaban J connectivity index is 2.25. The molecule has 1 aromatic carbocycles. The molecule has 0 radical (unpaired) electrons. The lowest BCUT2D eigenvalue weighted by atomic mass is 9.95. The molecule has 0 spiro atoms. The van der Waals surface area contributed by atoms with E-state index < -0.39 is 5.41 Å². The van der Waals surface area contributed by atoms with Gasteiger partial charge in [0, 0.05) is 29.1 Å². The standard InChI is InChI=1S/C21H31ClN4O/c1-7-19-16(14(3)25-26(19)12-13(2)23)10-15-8-9-18(17(22)11-15)24-20(27)21(4,5)6/h8-9,11,13H,7,10,12,23H2,1-6H3,(H,24,27)/t13-/m1/s1. The van der Waals surface area contributed by atoms with Crippen molar-refractivity contribution in [3.05, 3.63) is 45.7 Å². The van der Waals surface area contributed by atoms with E-state index in [1.165, 1.54) is 11.3 Å². The number of amides is 1. The molecule has 0 saturated carbocycles. The predicted octanol–water partition coefficient (Wildman–Crippen LogP) is 4.33. The molecule has 2 rings (SSSR count). The molecule has 148 valence electrons. The Morgan fingerprint density at radius 3 is 2.56 bits per heavy atom. The summed E-state index contributed by atoms with van der Waals surface area (Å²) in [6.45, 7) is 12.5. The molecule has 0 aliphatic heterocycles. The fourth-order valence-electron chi connectivity index (χ4n) is 3.00. The number of anilines is 1. The van der Waals surface area contributed by atoms with Crippen molar-refractivity contribution in [1.29, 1.82) is 0 Å². The number of rotatable bonds is 6. The predicted molar refractivity (Wildman–Crippen MR) is 112 cm³/mol. The summed E-state index contributed by atoms with van der Waals surface area (Å²) in [6.07, 6.45) is 1.65. The van der Waals surface area contributed by atoms with Crippen LogP contribution in [0.4, 0.5) is 5.69 Å². The minimum absolute atomic E-state index is 0.0570. The second kappa shape index (κ2) is 8.44. The van der Waals surface area contributed by atoms with Crippen LogP contribution in [-0.4, -0.2) is 21.7 Å². The van der Waals surface area contributed by atoms with Crippen molar-refractivity contribution >= 4 is 23.2 Å². The van der Waals surface area contributed by atoms with Gasteiger partial charge in [-0.25, -0.2) is 0 Å². The van der Waals surface area contributed by atoms with Gasteiger partial charge in [-0.3, -0.25) is 9.48 Å². The van der Waals surface area contributed by atoms with E-state index in [1.54, 1.807) is 0 Å². The third-order valence-electron chi connectivity index (χ3n) is 4.51. The summed E-state index contributed by atoms with van der Waals surface area (Å²) in [6, 6.07) is 5.85. The van der Waals surface area contributed by atoms with Crippen LogP contribution in [0.3, 0.4) is 0 Å². The van der Waals surface area contributed by atoms with Crippen molar-refractivity contribution in [2.75, 3.05) is 5.32 Å². The smallest absolute Gasteiger partial charge is 0.229 e. The first-order valence-electron chi connectivity index (χ1n) is 9.43. The number of nitrogens with one attached hydrogen (secondary N) is 1. The van der Waals surface area contributed by atoms with Gasteiger partial charge in [0.05, 0.1) is 22.9 Å². The first-order chi connectivity index (χ1) is 12.5. The lowest BCUT2D eigenvalue weighted by molar-refractivity contribution is -0.123. The van der Waals surface area contributed by atoms with Crippen molar-refractivity contribution in [2.24, 2.45) is 11.1 Å². The zero-order valence-electron chi connectivity index (χ0n) is 17.2. The van der Waals surface area contributed by atoms with Crippen LogP contribution >= 0.6 is 11.6 Å². The molecule has 0 aliphatic rings. The van der Waals surface area contributed by atoms with Gasteiger partial charge >= 0.3 is 0 Å². The summed E-state index contributed by atoms with van der Waals surface area (Å²) < 4.78 is 2.02. The number of hydrogen-bond donors (Lipinski definition) is 2. The highest BCUT2D eigenvalue weighted by molar-refractivity contribution is 6.33. The average molecular weight is 391 g/mol. The average Bonchev–Trinajstić information content (AvgIpc) is 2.83. The Labute approximate surface area is 167 Å². The van der Waals surface area contributed by atoms with Crippen molar-refractivity contribution in [3.63, 3.8) is 0 Å². The van der Waals surface area contributed by atoms with Gasteiger partial charge in [0.15, 0.2) is 0 Å². The second-order valence-corrected chi connectivity index (χ2v) is 8.63. The molecule has 0 aliphatic carbocycles. The maximum Gasteiger partial charge on any atom is 0.229 e. The molecule has 0 saturated heterocycles. The van der Waals surface area contributed by atoms with Gasteiger partial charge in [0.1, 0.15) is 0 Å². The summed E-state index contributed by atoms with van der Waals surface area (Å²) >= 11 is 6.43. The van der Waals surface area contributed by atoms with Gasteiger partial charge in [-0.1, -0.05) is 45.4 Å². The molecular formula is C21H31ClN4O. The highest BCUT2D eigenvalue weighted by Crippen LogP contribution is 2.28. The first-order valence-corrected chi connectivity index (χ1v) is 9.81. The highest BCUT2D eigenvalue weighted by Gasteiger charge is 2.22. The molecule has 1 atom stereocenters. The van der Waals surface area contributed by atoms with Gasteiger partial charge < -0.3 is 11.1 Å². The van der Waals surface area contributed by atoms with Gasteiger partial charge in [-0.15, -0.1) is 0 Å². The SMILES string of the molecule is CCc1c(Cc2ccc(NC(=O)C(C)(C)C)c(Cl)c2)c(C)nn1C[C@@H](C)N. The Morgan fingerprint density at radius 1 is 1.37 bits per heavy atom. The van der Waals surface area contributed by atoms with Crippen molar-refractivity contribution < 1.29 is 4.79 Å². The van der Waals surface area contributed by atoms with E-state index in [-0.39, 0.29) is 11.9 Å². The minimum atomic E-state index is -0.468. The summed E-state index contributed by atoms with van der Waals surface area (Å²) in [5.74, 6) is -0.0570. The molecule has 0 fully saturated rings. The quantitative estimate of drug-likeness (QED) is 0.770. The highest BCUT2D eigenvalue weighted by atomic mass is 35.5. The van der Waals surface area contributed by atoms with Gasteiger partial charge in [-0.2, -0.15) is 5.10 Å². The molecule has 27 heavy (non-hydrogen) atoms. The molecule has 0 unspecified atom stereocenters. The lowest BCUT2D eigenvalue weighted by Gasteiger charge is -2.18. The Bertz CT molecular complexity index is 818. The van der Waals surface area contributed by atoms with Crippen LogP contribution in [0.25, 0.3) is 0 Å². The summed E-state index contributed by atoms with van der Waals surface area (Å²) in [4.78, 5) is 12.2. The number of hydrogen-bond acceptors (Lipinski definition) is 3. The number of halogens is 1. The number of nitrogens with two attached hydrogens (primary N) is 1. The molecule has 5 nitrogen and oxygen atoms in total. The van der Waals surface area contributed by atoms with Crippen LogP contribution < -0.4 is 11.1 Å². The fourth-order valence-corrected chi connectivity index (χ4v) is 3.25. The minimum Gasteiger partial charge on any atom is -0.326 e. The number of carbonyl (C=O) groups excluding carboxylic acids is 1. The molecule has 0 bridgehead atoms. The first kappa shape index (κ1) is 21.5. The zero-order chi connectivity index (χ0) is 20.4. The van der Waals surface area contributed by atoms with Crippen LogP contribution in [0.15, 0.2) is 18.2 Å². The van der Waals surface area contributed by atoms with E-state index in [0.29, 0.717) is 17.3 Å². The largest absolute Gasteiger partial charge is 0.326 e. The Morgan fingerprint density at radius 2 is 2.04 bits per heavy atom. The van der Waals surface area contributed by atoms with Crippen LogP contribution in [0.2, 0.25) is 5.02 Å². The van der Waals surface area contributed by atoms with E-state index in [4.69, 9.17) is 17.3 Å². The maximum atomic E-state index is 12.2. The van der Waals surface area contributed by atoms with E-state index in [9.17, 15) is 4.79 Å². The van der Waals surface area contributed by atoms with Crippen LogP contribution in [0.5, 0.6) is 0 Å². The number of benzene rings is 1. The number of nitrogens with zero attached hydrogens (tertiary/aromatic N) is 2. The topological polar surface area (TPSA) is 72.9 Å². The van der Waals surface area contributed by atoms with Gasteiger partial charge in [-0.05, 0) is 38.0 Å². The van der Waals surface area contributed by atoms with Crippen LogP contribution in [-0.2, 0) is 24.2 Å². The molecule has 2 aromatic rings. The Kier molecular flexibility index (Phi) is 6.71. The number of aryl methyl sites for hydroxylation is 1. The normalized spacial score (nSPS) is 12.9.